The molecular formula is C15H12BrN3O2. The van der Waals surface area contributed by atoms with E-state index in [0.29, 0.717) is 5.90 Å². The van der Waals surface area contributed by atoms with Gasteiger partial charge in [0, 0.05) is 34.9 Å². The summed E-state index contributed by atoms with van der Waals surface area (Å²) in [5.41, 5.74) is 1.60. The second-order valence-corrected chi connectivity index (χ2v) is 5.45. The molecule has 2 aromatic rings. The summed E-state index contributed by atoms with van der Waals surface area (Å²) >= 11 is 3.38. The van der Waals surface area contributed by atoms with Crippen LogP contribution in [0.4, 0.5) is 0 Å². The van der Waals surface area contributed by atoms with Crippen LogP contribution in [0.25, 0.3) is 0 Å². The highest BCUT2D eigenvalue weighted by atomic mass is 79.9. The molecule has 0 aliphatic carbocycles. The molecule has 1 aromatic heterocycles. The summed E-state index contributed by atoms with van der Waals surface area (Å²) < 4.78 is 6.82. The first-order chi connectivity index (χ1) is 10.1. The highest BCUT2D eigenvalue weighted by molar-refractivity contribution is 9.10. The van der Waals surface area contributed by atoms with Gasteiger partial charge in [0.25, 0.3) is 0 Å². The lowest BCUT2D eigenvalue weighted by Crippen LogP contribution is -2.25. The van der Waals surface area contributed by atoms with Gasteiger partial charge in [-0.15, -0.1) is 5.10 Å². The standard InChI is InChI=1S/C15H12BrN3O2/c1-10(20)19-15(12-3-2-8-17-9-12)21-14(18-19)11-4-6-13(16)7-5-11/h2-9,15H,1H3. The number of rotatable bonds is 2. The summed E-state index contributed by atoms with van der Waals surface area (Å²) in [4.78, 5) is 15.8. The van der Waals surface area contributed by atoms with Crippen LogP contribution in [0, 0.1) is 0 Å². The monoisotopic (exact) mass is 345 g/mol. The molecule has 0 saturated carbocycles. The first-order valence-corrected chi connectivity index (χ1v) is 7.15. The van der Waals surface area contributed by atoms with Crippen molar-refractivity contribution in [2.45, 2.75) is 13.2 Å². The number of halogens is 1. The molecule has 6 heteroatoms. The zero-order chi connectivity index (χ0) is 14.8. The van der Waals surface area contributed by atoms with Crippen LogP contribution in [0.1, 0.15) is 24.3 Å². The van der Waals surface area contributed by atoms with Crippen molar-refractivity contribution in [3.63, 3.8) is 0 Å². The number of pyridine rings is 1. The summed E-state index contributed by atoms with van der Waals surface area (Å²) in [5, 5.41) is 5.61. The lowest BCUT2D eigenvalue weighted by molar-refractivity contribution is -0.135. The summed E-state index contributed by atoms with van der Waals surface area (Å²) in [6.45, 7) is 1.46. The van der Waals surface area contributed by atoms with Crippen LogP contribution in [0.2, 0.25) is 0 Å². The van der Waals surface area contributed by atoms with Crippen molar-refractivity contribution in [2.75, 3.05) is 0 Å². The molecule has 0 bridgehead atoms. The van der Waals surface area contributed by atoms with Gasteiger partial charge in [-0.25, -0.2) is 0 Å². The molecule has 1 atom stereocenters. The Morgan fingerprint density at radius 3 is 2.67 bits per heavy atom. The molecule has 0 saturated heterocycles. The number of hydrazone groups is 1. The molecule has 0 N–H and O–H groups in total. The molecule has 0 radical (unpaired) electrons. The van der Waals surface area contributed by atoms with E-state index in [0.717, 1.165) is 15.6 Å². The molecule has 1 amide bonds. The number of aromatic nitrogens is 1. The van der Waals surface area contributed by atoms with Crippen LogP contribution in [-0.4, -0.2) is 21.8 Å². The molecule has 106 valence electrons. The molecule has 0 fully saturated rings. The van der Waals surface area contributed by atoms with E-state index in [1.165, 1.54) is 11.9 Å². The van der Waals surface area contributed by atoms with Crippen molar-refractivity contribution in [3.05, 3.63) is 64.4 Å². The van der Waals surface area contributed by atoms with Crippen LogP contribution in [0.5, 0.6) is 0 Å². The van der Waals surface area contributed by atoms with E-state index in [-0.39, 0.29) is 5.91 Å². The summed E-state index contributed by atoms with van der Waals surface area (Å²) in [7, 11) is 0. The van der Waals surface area contributed by atoms with E-state index in [4.69, 9.17) is 4.74 Å². The molecule has 1 aliphatic heterocycles. The van der Waals surface area contributed by atoms with Gasteiger partial charge in [-0.3, -0.25) is 9.78 Å². The highest BCUT2D eigenvalue weighted by Crippen LogP contribution is 2.29. The predicted octanol–water partition coefficient (Wildman–Crippen LogP) is 3.08. The van der Waals surface area contributed by atoms with Gasteiger partial charge in [0.05, 0.1) is 0 Å². The average molecular weight is 346 g/mol. The van der Waals surface area contributed by atoms with E-state index in [2.05, 4.69) is 26.0 Å². The lowest BCUT2D eigenvalue weighted by atomic mass is 10.2. The van der Waals surface area contributed by atoms with Crippen molar-refractivity contribution in [3.8, 4) is 0 Å². The van der Waals surface area contributed by atoms with Gasteiger partial charge in [0.15, 0.2) is 0 Å². The number of benzene rings is 1. The Kier molecular flexibility index (Phi) is 3.70. The Bertz CT molecular complexity index is 686. The van der Waals surface area contributed by atoms with Crippen molar-refractivity contribution in [1.82, 2.24) is 9.99 Å². The number of hydrogen-bond donors (Lipinski definition) is 0. The van der Waals surface area contributed by atoms with Gasteiger partial charge >= 0.3 is 0 Å². The molecule has 1 aliphatic rings. The Morgan fingerprint density at radius 1 is 1.29 bits per heavy atom. The smallest absolute Gasteiger partial charge is 0.243 e. The molecular weight excluding hydrogens is 334 g/mol. The third-order valence-corrected chi connectivity index (χ3v) is 3.56. The zero-order valence-corrected chi connectivity index (χ0v) is 12.8. The van der Waals surface area contributed by atoms with Crippen molar-refractivity contribution < 1.29 is 9.53 Å². The summed E-state index contributed by atoms with van der Waals surface area (Å²) in [5.74, 6) is 0.238. The number of amides is 1. The molecule has 0 spiro atoms. The second-order valence-electron chi connectivity index (χ2n) is 4.53. The van der Waals surface area contributed by atoms with Crippen LogP contribution in [-0.2, 0) is 9.53 Å². The second kappa shape index (κ2) is 5.65. The maximum atomic E-state index is 11.8. The minimum Gasteiger partial charge on any atom is -0.446 e. The highest BCUT2D eigenvalue weighted by Gasteiger charge is 2.33. The Labute approximate surface area is 130 Å². The van der Waals surface area contributed by atoms with Crippen LogP contribution < -0.4 is 0 Å². The quantitative estimate of drug-likeness (QED) is 0.840. The SMILES string of the molecule is CC(=O)N1N=C(c2ccc(Br)cc2)OC1c1cccnc1. The number of carbonyl (C=O) groups is 1. The fraction of sp³-hybridized carbons (Fsp3) is 0.133. The Balaban J connectivity index is 1.93. The zero-order valence-electron chi connectivity index (χ0n) is 11.2. The number of hydrogen-bond acceptors (Lipinski definition) is 4. The van der Waals surface area contributed by atoms with E-state index in [1.807, 2.05) is 30.3 Å². The molecule has 21 heavy (non-hydrogen) atoms. The van der Waals surface area contributed by atoms with Gasteiger partial charge in [-0.2, -0.15) is 5.01 Å². The van der Waals surface area contributed by atoms with Gasteiger partial charge in [0.2, 0.25) is 18.0 Å². The predicted molar refractivity (Wildman–Crippen MR) is 81.3 cm³/mol. The van der Waals surface area contributed by atoms with E-state index >= 15 is 0 Å². The first-order valence-electron chi connectivity index (χ1n) is 6.36. The molecule has 1 unspecified atom stereocenters. The van der Waals surface area contributed by atoms with Crippen LogP contribution >= 0.6 is 15.9 Å². The van der Waals surface area contributed by atoms with E-state index in [1.54, 1.807) is 18.5 Å². The fourth-order valence-corrected chi connectivity index (χ4v) is 2.28. The maximum Gasteiger partial charge on any atom is 0.243 e. The molecule has 1 aromatic carbocycles. The number of nitrogens with zero attached hydrogens (tertiary/aromatic N) is 3. The minimum atomic E-state index is -0.574. The van der Waals surface area contributed by atoms with Gasteiger partial charge in [0.1, 0.15) is 0 Å². The lowest BCUT2D eigenvalue weighted by Gasteiger charge is -2.18. The Hall–Kier alpha value is -2.21. The van der Waals surface area contributed by atoms with Gasteiger partial charge < -0.3 is 4.74 Å². The van der Waals surface area contributed by atoms with Gasteiger partial charge in [-0.1, -0.05) is 22.0 Å². The molecule has 5 nitrogen and oxygen atoms in total. The first kappa shape index (κ1) is 13.8. The largest absolute Gasteiger partial charge is 0.446 e. The number of ether oxygens (including phenoxy) is 1. The average Bonchev–Trinajstić information content (AvgIpc) is 2.94. The number of carbonyl (C=O) groups excluding carboxylic acids is 1. The summed E-state index contributed by atoms with van der Waals surface area (Å²) in [6, 6.07) is 11.2. The van der Waals surface area contributed by atoms with Crippen molar-refractivity contribution in [2.24, 2.45) is 5.10 Å². The van der Waals surface area contributed by atoms with Gasteiger partial charge in [-0.05, 0) is 30.3 Å². The van der Waals surface area contributed by atoms with Crippen LogP contribution in [0.3, 0.4) is 0 Å². The van der Waals surface area contributed by atoms with E-state index < -0.39 is 6.23 Å². The van der Waals surface area contributed by atoms with Crippen molar-refractivity contribution in [1.29, 1.82) is 0 Å². The Morgan fingerprint density at radius 2 is 2.05 bits per heavy atom. The maximum absolute atomic E-state index is 11.8. The molecule has 2 heterocycles. The van der Waals surface area contributed by atoms with E-state index in [9.17, 15) is 4.79 Å². The topological polar surface area (TPSA) is 54.8 Å². The minimum absolute atomic E-state index is 0.184. The molecule has 3 rings (SSSR count). The third kappa shape index (κ3) is 2.80. The van der Waals surface area contributed by atoms with Crippen LogP contribution in [0.15, 0.2) is 58.4 Å². The normalized spacial score (nSPS) is 17.3. The summed E-state index contributed by atoms with van der Waals surface area (Å²) in [6.07, 6.45) is 2.77. The third-order valence-electron chi connectivity index (χ3n) is 3.03. The van der Waals surface area contributed by atoms with Crippen molar-refractivity contribution >= 4 is 27.7 Å². The fourth-order valence-electron chi connectivity index (χ4n) is 2.01.